The Morgan fingerprint density at radius 2 is 2.05 bits per heavy atom. The molecule has 2 heterocycles. The van der Waals surface area contributed by atoms with Gasteiger partial charge >= 0.3 is 5.97 Å². The minimum absolute atomic E-state index is 0.286. The zero-order valence-corrected chi connectivity index (χ0v) is 11.8. The molecule has 0 N–H and O–H groups in total. The normalized spacial score (nSPS) is 21.4. The van der Waals surface area contributed by atoms with Gasteiger partial charge in [0, 0.05) is 17.6 Å². The van der Waals surface area contributed by atoms with Gasteiger partial charge in [-0.25, -0.2) is 4.79 Å². The number of azo groups is 1. The van der Waals surface area contributed by atoms with Gasteiger partial charge in [-0.3, -0.25) is 0 Å². The molecule has 0 bridgehead atoms. The van der Waals surface area contributed by atoms with Gasteiger partial charge in [-0.1, -0.05) is 29.8 Å². The lowest BCUT2D eigenvalue weighted by molar-refractivity contribution is -0.143. The minimum atomic E-state index is -0.538. The van der Waals surface area contributed by atoms with E-state index in [1.807, 2.05) is 39.0 Å². The fourth-order valence-electron chi connectivity index (χ4n) is 2.69. The van der Waals surface area contributed by atoms with E-state index in [2.05, 4.69) is 16.3 Å². The van der Waals surface area contributed by atoms with Crippen LogP contribution in [0.2, 0.25) is 0 Å². The number of esters is 1. The summed E-state index contributed by atoms with van der Waals surface area (Å²) < 4.78 is 5.35. The van der Waals surface area contributed by atoms with Crippen molar-refractivity contribution in [3.8, 4) is 0 Å². The lowest BCUT2D eigenvalue weighted by atomic mass is 9.92. The van der Waals surface area contributed by atoms with Crippen LogP contribution in [0.3, 0.4) is 0 Å². The first-order valence-corrected chi connectivity index (χ1v) is 6.64. The fraction of sp³-hybridized carbons (Fsp3) is 0.312. The quantitative estimate of drug-likeness (QED) is 0.771. The van der Waals surface area contributed by atoms with Crippen LogP contribution in [0.15, 0.2) is 56.9 Å². The van der Waals surface area contributed by atoms with Crippen LogP contribution in [0.5, 0.6) is 0 Å². The maximum atomic E-state index is 12.1. The molecule has 1 unspecified atom stereocenters. The average Bonchev–Trinajstić information content (AvgIpc) is 2.76. The van der Waals surface area contributed by atoms with Gasteiger partial charge in [-0.05, 0) is 31.9 Å². The second-order valence-electron chi connectivity index (χ2n) is 5.24. The first-order valence-electron chi connectivity index (χ1n) is 6.64. The molecule has 3 rings (SSSR count). The molecule has 0 saturated carbocycles. The van der Waals surface area contributed by atoms with Crippen molar-refractivity contribution >= 4 is 5.97 Å². The van der Waals surface area contributed by atoms with Gasteiger partial charge in [-0.2, -0.15) is 5.11 Å². The highest BCUT2D eigenvalue weighted by Gasteiger charge is 2.35. The van der Waals surface area contributed by atoms with Crippen molar-refractivity contribution in [2.45, 2.75) is 33.4 Å². The SMILES string of the molecule is CC1=C2C(C)=C(Cc3cccc(C)c3)C(=O)OC2N=N1. The van der Waals surface area contributed by atoms with Gasteiger partial charge in [0.05, 0.1) is 5.70 Å². The number of rotatable bonds is 2. The summed E-state index contributed by atoms with van der Waals surface area (Å²) in [5.41, 5.74) is 5.72. The Morgan fingerprint density at radius 1 is 1.25 bits per heavy atom. The van der Waals surface area contributed by atoms with Crippen molar-refractivity contribution in [2.75, 3.05) is 0 Å². The number of hydrogen-bond acceptors (Lipinski definition) is 4. The first-order chi connectivity index (χ1) is 9.56. The first kappa shape index (κ1) is 12.8. The highest BCUT2D eigenvalue weighted by atomic mass is 16.6. The Balaban J connectivity index is 1.99. The van der Waals surface area contributed by atoms with Crippen LogP contribution in [0.4, 0.5) is 0 Å². The van der Waals surface area contributed by atoms with Crippen molar-refractivity contribution < 1.29 is 9.53 Å². The molecular weight excluding hydrogens is 252 g/mol. The van der Waals surface area contributed by atoms with Crippen LogP contribution < -0.4 is 0 Å². The smallest absolute Gasteiger partial charge is 0.336 e. The van der Waals surface area contributed by atoms with Crippen molar-refractivity contribution in [3.63, 3.8) is 0 Å². The summed E-state index contributed by atoms with van der Waals surface area (Å²) in [5, 5.41) is 7.98. The monoisotopic (exact) mass is 268 g/mol. The van der Waals surface area contributed by atoms with Gasteiger partial charge in [0.15, 0.2) is 0 Å². The number of hydrogen-bond donors (Lipinski definition) is 0. The van der Waals surface area contributed by atoms with Gasteiger partial charge in [-0.15, -0.1) is 5.11 Å². The molecule has 1 aromatic rings. The van der Waals surface area contributed by atoms with E-state index in [4.69, 9.17) is 4.74 Å². The lowest BCUT2D eigenvalue weighted by Gasteiger charge is -2.23. The zero-order valence-electron chi connectivity index (χ0n) is 11.8. The number of carbonyl (C=O) groups is 1. The topological polar surface area (TPSA) is 51.0 Å². The second kappa shape index (κ2) is 4.71. The fourth-order valence-corrected chi connectivity index (χ4v) is 2.69. The van der Waals surface area contributed by atoms with Crippen LogP contribution in [0.1, 0.15) is 25.0 Å². The van der Waals surface area contributed by atoms with Crippen LogP contribution in [-0.4, -0.2) is 12.2 Å². The highest BCUT2D eigenvalue weighted by Crippen LogP contribution is 2.35. The van der Waals surface area contributed by atoms with Crippen LogP contribution >= 0.6 is 0 Å². The van der Waals surface area contributed by atoms with Crippen molar-refractivity contribution in [2.24, 2.45) is 10.2 Å². The van der Waals surface area contributed by atoms with Gasteiger partial charge in [0.1, 0.15) is 0 Å². The molecule has 1 atom stereocenters. The maximum Gasteiger partial charge on any atom is 0.336 e. The van der Waals surface area contributed by atoms with Crippen LogP contribution in [-0.2, 0) is 16.0 Å². The predicted octanol–water partition coefficient (Wildman–Crippen LogP) is 3.48. The summed E-state index contributed by atoms with van der Waals surface area (Å²) in [5.74, 6) is -0.286. The van der Waals surface area contributed by atoms with E-state index in [-0.39, 0.29) is 5.97 Å². The number of fused-ring (bicyclic) bond motifs is 1. The van der Waals surface area contributed by atoms with Gasteiger partial charge in [0.25, 0.3) is 0 Å². The predicted molar refractivity (Wildman–Crippen MR) is 75.0 cm³/mol. The summed E-state index contributed by atoms with van der Waals surface area (Å²) in [7, 11) is 0. The summed E-state index contributed by atoms with van der Waals surface area (Å²) in [6.07, 6.45) is 0.0410. The number of aryl methyl sites for hydroxylation is 1. The summed E-state index contributed by atoms with van der Waals surface area (Å²) in [4.78, 5) is 12.1. The standard InChI is InChI=1S/C16H16N2O2/c1-9-5-4-6-12(7-9)8-13-10(2)14-11(3)17-18-15(14)20-16(13)19/h4-7,15H,8H2,1-3H3. The van der Waals surface area contributed by atoms with Gasteiger partial charge in [0.2, 0.25) is 6.23 Å². The molecule has 2 aliphatic heterocycles. The van der Waals surface area contributed by atoms with E-state index < -0.39 is 6.23 Å². The van der Waals surface area contributed by atoms with E-state index in [9.17, 15) is 4.79 Å². The molecule has 102 valence electrons. The molecule has 4 heteroatoms. The third-order valence-electron chi connectivity index (χ3n) is 3.73. The number of benzene rings is 1. The Kier molecular flexibility index (Phi) is 3.01. The molecule has 0 radical (unpaired) electrons. The molecule has 0 fully saturated rings. The van der Waals surface area contributed by atoms with Crippen molar-refractivity contribution in [1.29, 1.82) is 0 Å². The largest absolute Gasteiger partial charge is 0.430 e. The summed E-state index contributed by atoms with van der Waals surface area (Å²) in [6.45, 7) is 5.89. The summed E-state index contributed by atoms with van der Waals surface area (Å²) >= 11 is 0. The molecule has 0 amide bonds. The second-order valence-corrected chi connectivity index (χ2v) is 5.24. The Hall–Kier alpha value is -2.23. The van der Waals surface area contributed by atoms with Crippen LogP contribution in [0, 0.1) is 6.92 Å². The lowest BCUT2D eigenvalue weighted by Crippen LogP contribution is -2.26. The van der Waals surface area contributed by atoms with E-state index in [1.54, 1.807) is 0 Å². The summed E-state index contributed by atoms with van der Waals surface area (Å²) in [6, 6.07) is 8.16. The molecule has 0 saturated heterocycles. The van der Waals surface area contributed by atoms with Crippen molar-refractivity contribution in [3.05, 3.63) is 57.8 Å². The van der Waals surface area contributed by atoms with E-state index in [0.29, 0.717) is 12.0 Å². The number of ether oxygens (including phenoxy) is 1. The van der Waals surface area contributed by atoms with E-state index in [1.165, 1.54) is 5.56 Å². The molecule has 0 aliphatic carbocycles. The van der Waals surface area contributed by atoms with E-state index >= 15 is 0 Å². The molecule has 4 nitrogen and oxygen atoms in total. The molecule has 1 aromatic carbocycles. The van der Waals surface area contributed by atoms with Crippen molar-refractivity contribution in [1.82, 2.24) is 0 Å². The maximum absolute atomic E-state index is 12.1. The molecule has 0 spiro atoms. The Bertz CT molecular complexity index is 683. The third kappa shape index (κ3) is 2.07. The zero-order chi connectivity index (χ0) is 14.3. The number of nitrogens with zero attached hydrogens (tertiary/aromatic N) is 2. The van der Waals surface area contributed by atoms with Gasteiger partial charge < -0.3 is 4.74 Å². The van der Waals surface area contributed by atoms with Crippen LogP contribution in [0.25, 0.3) is 0 Å². The molecule has 2 aliphatic rings. The highest BCUT2D eigenvalue weighted by molar-refractivity contribution is 5.92. The van der Waals surface area contributed by atoms with E-state index in [0.717, 1.165) is 22.4 Å². The molecule has 0 aromatic heterocycles. The molecular formula is C16H16N2O2. The number of carbonyl (C=O) groups excluding carboxylic acids is 1. The Morgan fingerprint density at radius 3 is 2.80 bits per heavy atom. The molecule has 20 heavy (non-hydrogen) atoms. The third-order valence-corrected chi connectivity index (χ3v) is 3.73. The number of allylic oxidation sites excluding steroid dienone is 1. The Labute approximate surface area is 117 Å². The average molecular weight is 268 g/mol. The minimum Gasteiger partial charge on any atom is -0.430 e.